The van der Waals surface area contributed by atoms with E-state index in [-0.39, 0.29) is 6.03 Å². The van der Waals surface area contributed by atoms with Crippen LogP contribution in [0.3, 0.4) is 0 Å². The van der Waals surface area contributed by atoms with Gasteiger partial charge >= 0.3 is 6.03 Å². The molecule has 2 aromatic carbocycles. The number of carbonyl (C=O) groups is 1. The highest BCUT2D eigenvalue weighted by atomic mass is 16.2. The Morgan fingerprint density at radius 2 is 1.74 bits per heavy atom. The van der Waals surface area contributed by atoms with E-state index in [1.54, 1.807) is 0 Å². The molecule has 19 heavy (non-hydrogen) atoms. The molecule has 0 spiro atoms. The molecule has 4 N–H and O–H groups in total. The smallest absolute Gasteiger partial charge is 0.319 e. The van der Waals surface area contributed by atoms with Crippen LogP contribution in [0.1, 0.15) is 11.1 Å². The molecule has 0 saturated heterocycles. The Balaban J connectivity index is 1.87. The van der Waals surface area contributed by atoms with Gasteiger partial charge in [0.25, 0.3) is 0 Å². The van der Waals surface area contributed by atoms with Crippen LogP contribution in [0.25, 0.3) is 0 Å². The number of benzene rings is 2. The molecule has 2 amide bonds. The zero-order chi connectivity index (χ0) is 13.5. The van der Waals surface area contributed by atoms with Crippen molar-refractivity contribution in [3.05, 3.63) is 65.7 Å². The van der Waals surface area contributed by atoms with Gasteiger partial charge in [-0.15, -0.1) is 0 Å². The normalized spacial score (nSPS) is 9.95. The summed E-state index contributed by atoms with van der Waals surface area (Å²) >= 11 is 0. The van der Waals surface area contributed by atoms with E-state index >= 15 is 0 Å². The number of nitrogens with one attached hydrogen (secondary N) is 2. The number of carbonyl (C=O) groups excluding carboxylic acids is 1. The molecule has 0 atom stereocenters. The first-order chi connectivity index (χ1) is 9.28. The second-order valence-corrected chi connectivity index (χ2v) is 4.20. The van der Waals surface area contributed by atoms with Crippen LogP contribution in [0.2, 0.25) is 0 Å². The van der Waals surface area contributed by atoms with E-state index in [2.05, 4.69) is 10.6 Å². The molecular formula is C15H17N3O. The highest BCUT2D eigenvalue weighted by Crippen LogP contribution is 2.09. The van der Waals surface area contributed by atoms with Crippen molar-refractivity contribution in [2.45, 2.75) is 13.1 Å². The molecule has 4 heteroatoms. The molecule has 0 heterocycles. The van der Waals surface area contributed by atoms with Crippen LogP contribution >= 0.6 is 0 Å². The third-order valence-electron chi connectivity index (χ3n) is 2.72. The van der Waals surface area contributed by atoms with Crippen molar-refractivity contribution < 1.29 is 4.79 Å². The molecule has 4 nitrogen and oxygen atoms in total. The molecule has 0 bridgehead atoms. The number of rotatable bonds is 4. The molecule has 0 aromatic heterocycles. The molecule has 0 unspecified atom stereocenters. The summed E-state index contributed by atoms with van der Waals surface area (Å²) < 4.78 is 0. The molecule has 0 radical (unpaired) electrons. The van der Waals surface area contributed by atoms with Gasteiger partial charge in [0.15, 0.2) is 0 Å². The highest BCUT2D eigenvalue weighted by Gasteiger charge is 2.01. The predicted molar refractivity (Wildman–Crippen MR) is 76.6 cm³/mol. The summed E-state index contributed by atoms with van der Waals surface area (Å²) in [4.78, 5) is 11.7. The summed E-state index contributed by atoms with van der Waals surface area (Å²) in [7, 11) is 0. The average molecular weight is 255 g/mol. The Morgan fingerprint density at radius 1 is 1.00 bits per heavy atom. The van der Waals surface area contributed by atoms with Gasteiger partial charge in [-0.25, -0.2) is 4.79 Å². The van der Waals surface area contributed by atoms with Crippen molar-refractivity contribution in [3.63, 3.8) is 0 Å². The third kappa shape index (κ3) is 4.12. The van der Waals surface area contributed by atoms with Crippen molar-refractivity contribution in [2.24, 2.45) is 5.73 Å². The van der Waals surface area contributed by atoms with Gasteiger partial charge < -0.3 is 16.4 Å². The Kier molecular flexibility index (Phi) is 4.53. The quantitative estimate of drug-likeness (QED) is 0.785. The van der Waals surface area contributed by atoms with Crippen molar-refractivity contribution in [1.29, 1.82) is 0 Å². The lowest BCUT2D eigenvalue weighted by Gasteiger charge is -2.08. The number of hydrogen-bond donors (Lipinski definition) is 3. The fourth-order valence-electron chi connectivity index (χ4n) is 1.73. The zero-order valence-electron chi connectivity index (χ0n) is 10.6. The molecular weight excluding hydrogens is 238 g/mol. The first kappa shape index (κ1) is 13.1. The van der Waals surface area contributed by atoms with Crippen molar-refractivity contribution in [2.75, 3.05) is 5.32 Å². The number of hydrogen-bond acceptors (Lipinski definition) is 2. The molecule has 2 rings (SSSR count). The van der Waals surface area contributed by atoms with Crippen LogP contribution in [-0.2, 0) is 13.1 Å². The number of nitrogens with two attached hydrogens (primary N) is 1. The molecule has 98 valence electrons. The van der Waals surface area contributed by atoms with Crippen LogP contribution < -0.4 is 16.4 Å². The lowest BCUT2D eigenvalue weighted by atomic mass is 10.2. The number of urea groups is 1. The fraction of sp³-hybridized carbons (Fsp3) is 0.133. The molecule has 0 saturated carbocycles. The summed E-state index contributed by atoms with van der Waals surface area (Å²) in [6.07, 6.45) is 0. The van der Waals surface area contributed by atoms with Gasteiger partial charge in [0, 0.05) is 18.8 Å². The monoisotopic (exact) mass is 255 g/mol. The van der Waals surface area contributed by atoms with Gasteiger partial charge in [-0.2, -0.15) is 0 Å². The minimum absolute atomic E-state index is 0.224. The minimum Gasteiger partial charge on any atom is -0.334 e. The summed E-state index contributed by atoms with van der Waals surface area (Å²) in [6, 6.07) is 17.0. The topological polar surface area (TPSA) is 67.1 Å². The maximum Gasteiger partial charge on any atom is 0.319 e. The number of amides is 2. The van der Waals surface area contributed by atoms with E-state index in [1.807, 2.05) is 54.6 Å². The molecule has 0 aliphatic heterocycles. The standard InChI is InChI=1S/C15H17N3O/c16-10-13-7-4-8-14(9-13)18-15(19)17-11-12-5-2-1-3-6-12/h1-9H,10-11,16H2,(H2,17,18,19). The van der Waals surface area contributed by atoms with Crippen molar-refractivity contribution in [1.82, 2.24) is 5.32 Å². The lowest BCUT2D eigenvalue weighted by Crippen LogP contribution is -2.28. The third-order valence-corrected chi connectivity index (χ3v) is 2.72. The maximum absolute atomic E-state index is 11.7. The van der Waals surface area contributed by atoms with E-state index in [0.717, 1.165) is 16.8 Å². The lowest BCUT2D eigenvalue weighted by molar-refractivity contribution is 0.251. The Hall–Kier alpha value is -2.33. The van der Waals surface area contributed by atoms with Crippen molar-refractivity contribution >= 4 is 11.7 Å². The van der Waals surface area contributed by atoms with Crippen molar-refractivity contribution in [3.8, 4) is 0 Å². The minimum atomic E-state index is -0.224. The van der Waals surface area contributed by atoms with Crippen LogP contribution in [-0.4, -0.2) is 6.03 Å². The Morgan fingerprint density at radius 3 is 2.47 bits per heavy atom. The Bertz CT molecular complexity index is 540. The second kappa shape index (κ2) is 6.56. The number of anilines is 1. The van der Waals surface area contributed by atoms with Crippen LogP contribution in [0, 0.1) is 0 Å². The summed E-state index contributed by atoms with van der Waals surface area (Å²) in [5, 5.41) is 5.58. The van der Waals surface area contributed by atoms with E-state index in [4.69, 9.17) is 5.73 Å². The molecule has 0 aliphatic rings. The Labute approximate surface area is 112 Å². The van der Waals surface area contributed by atoms with Gasteiger partial charge in [0.1, 0.15) is 0 Å². The zero-order valence-corrected chi connectivity index (χ0v) is 10.6. The SMILES string of the molecule is NCc1cccc(NC(=O)NCc2ccccc2)c1. The van der Waals surface area contributed by atoms with E-state index in [1.165, 1.54) is 0 Å². The second-order valence-electron chi connectivity index (χ2n) is 4.20. The molecule has 2 aromatic rings. The first-order valence-electron chi connectivity index (χ1n) is 6.16. The first-order valence-corrected chi connectivity index (χ1v) is 6.16. The van der Waals surface area contributed by atoms with Gasteiger partial charge in [-0.3, -0.25) is 0 Å². The molecule has 0 aliphatic carbocycles. The predicted octanol–water partition coefficient (Wildman–Crippen LogP) is 2.47. The average Bonchev–Trinajstić information content (AvgIpc) is 2.46. The van der Waals surface area contributed by atoms with E-state index in [0.29, 0.717) is 13.1 Å². The van der Waals surface area contributed by atoms with Gasteiger partial charge in [0.05, 0.1) is 0 Å². The van der Waals surface area contributed by atoms with Crippen LogP contribution in [0.5, 0.6) is 0 Å². The van der Waals surface area contributed by atoms with Gasteiger partial charge in [0.2, 0.25) is 0 Å². The van der Waals surface area contributed by atoms with Gasteiger partial charge in [-0.05, 0) is 23.3 Å². The fourth-order valence-corrected chi connectivity index (χ4v) is 1.73. The summed E-state index contributed by atoms with van der Waals surface area (Å²) in [6.45, 7) is 0.963. The van der Waals surface area contributed by atoms with E-state index in [9.17, 15) is 4.79 Å². The molecule has 0 fully saturated rings. The summed E-state index contributed by atoms with van der Waals surface area (Å²) in [5.74, 6) is 0. The van der Waals surface area contributed by atoms with Crippen LogP contribution in [0.4, 0.5) is 10.5 Å². The van der Waals surface area contributed by atoms with Crippen LogP contribution in [0.15, 0.2) is 54.6 Å². The highest BCUT2D eigenvalue weighted by molar-refractivity contribution is 5.89. The maximum atomic E-state index is 11.7. The van der Waals surface area contributed by atoms with E-state index < -0.39 is 0 Å². The largest absolute Gasteiger partial charge is 0.334 e. The summed E-state index contributed by atoms with van der Waals surface area (Å²) in [5.41, 5.74) is 8.35. The van der Waals surface area contributed by atoms with Gasteiger partial charge in [-0.1, -0.05) is 42.5 Å².